The van der Waals surface area contributed by atoms with E-state index in [9.17, 15) is 9.59 Å². The molecule has 4 heteroatoms. The van der Waals surface area contributed by atoms with E-state index in [1.54, 1.807) is 18.2 Å². The number of rotatable bonds is 2. The van der Waals surface area contributed by atoms with Gasteiger partial charge in [0, 0.05) is 18.5 Å². The molecule has 1 unspecified atom stereocenters. The fraction of sp³-hybridized carbons (Fsp3) is 0.231. The standard InChI is InChI=1S/C13H12N2O2/c1-2-9-5-3-4-6-11(9)15-8-10(13(14)17)7-12(15)16/h1,3-6,10H,7-8H2,(H2,14,17). The lowest BCUT2D eigenvalue weighted by molar-refractivity contribution is -0.123. The van der Waals surface area contributed by atoms with Gasteiger partial charge in [0.25, 0.3) is 0 Å². The van der Waals surface area contributed by atoms with E-state index in [1.807, 2.05) is 6.07 Å². The van der Waals surface area contributed by atoms with Gasteiger partial charge in [-0.25, -0.2) is 0 Å². The molecule has 0 spiro atoms. The van der Waals surface area contributed by atoms with Crippen LogP contribution in [0.1, 0.15) is 12.0 Å². The smallest absolute Gasteiger partial charge is 0.227 e. The van der Waals surface area contributed by atoms with Crippen molar-refractivity contribution < 1.29 is 9.59 Å². The first-order chi connectivity index (χ1) is 8.13. The summed E-state index contributed by atoms with van der Waals surface area (Å²) < 4.78 is 0. The third-order valence-electron chi connectivity index (χ3n) is 2.88. The number of primary amides is 1. The van der Waals surface area contributed by atoms with Gasteiger partial charge in [0.2, 0.25) is 11.8 Å². The van der Waals surface area contributed by atoms with Gasteiger partial charge in [0.05, 0.1) is 11.6 Å². The summed E-state index contributed by atoms with van der Waals surface area (Å²) >= 11 is 0. The van der Waals surface area contributed by atoms with E-state index in [-0.39, 0.29) is 12.3 Å². The van der Waals surface area contributed by atoms with Crippen molar-refractivity contribution in [2.45, 2.75) is 6.42 Å². The Morgan fingerprint density at radius 2 is 2.18 bits per heavy atom. The van der Waals surface area contributed by atoms with Gasteiger partial charge in [-0.3, -0.25) is 9.59 Å². The van der Waals surface area contributed by atoms with Crippen molar-refractivity contribution in [1.29, 1.82) is 0 Å². The van der Waals surface area contributed by atoms with Gasteiger partial charge >= 0.3 is 0 Å². The summed E-state index contributed by atoms with van der Waals surface area (Å²) in [5.74, 6) is 1.54. The highest BCUT2D eigenvalue weighted by Crippen LogP contribution is 2.27. The summed E-state index contributed by atoms with van der Waals surface area (Å²) in [4.78, 5) is 24.4. The molecule has 0 radical (unpaired) electrons. The highest BCUT2D eigenvalue weighted by Gasteiger charge is 2.34. The van der Waals surface area contributed by atoms with Crippen LogP contribution in [0, 0.1) is 18.3 Å². The second-order valence-electron chi connectivity index (χ2n) is 3.97. The SMILES string of the molecule is C#Cc1ccccc1N1CC(C(N)=O)CC1=O. The maximum absolute atomic E-state index is 11.8. The molecule has 1 atom stereocenters. The lowest BCUT2D eigenvalue weighted by Gasteiger charge is -2.17. The fourth-order valence-corrected chi connectivity index (χ4v) is 1.96. The molecule has 1 aromatic rings. The molecule has 1 heterocycles. The Morgan fingerprint density at radius 3 is 2.76 bits per heavy atom. The lowest BCUT2D eigenvalue weighted by atomic mass is 10.1. The van der Waals surface area contributed by atoms with Crippen LogP contribution in [0.2, 0.25) is 0 Å². The molecule has 2 amide bonds. The van der Waals surface area contributed by atoms with Crippen LogP contribution in [0.5, 0.6) is 0 Å². The second kappa shape index (κ2) is 4.30. The van der Waals surface area contributed by atoms with Crippen LogP contribution in [0.25, 0.3) is 0 Å². The molecule has 2 N–H and O–H groups in total. The Labute approximate surface area is 99.4 Å². The predicted molar refractivity (Wildman–Crippen MR) is 64.0 cm³/mol. The first kappa shape index (κ1) is 11.2. The summed E-state index contributed by atoms with van der Waals surface area (Å²) in [6, 6.07) is 7.16. The first-order valence-corrected chi connectivity index (χ1v) is 5.29. The number of benzene rings is 1. The number of carbonyl (C=O) groups excluding carboxylic acids is 2. The molecular weight excluding hydrogens is 216 g/mol. The Hall–Kier alpha value is -2.28. The number of terminal acetylenes is 1. The molecule has 1 saturated heterocycles. The van der Waals surface area contributed by atoms with Crippen molar-refractivity contribution in [3.8, 4) is 12.3 Å². The van der Waals surface area contributed by atoms with E-state index in [0.717, 1.165) is 0 Å². The molecule has 0 aliphatic carbocycles. The zero-order valence-corrected chi connectivity index (χ0v) is 9.22. The molecule has 1 fully saturated rings. The minimum Gasteiger partial charge on any atom is -0.369 e. The summed E-state index contributed by atoms with van der Waals surface area (Å²) in [5, 5.41) is 0. The summed E-state index contributed by atoms with van der Waals surface area (Å²) in [5.41, 5.74) is 6.53. The largest absolute Gasteiger partial charge is 0.369 e. The lowest BCUT2D eigenvalue weighted by Crippen LogP contribution is -2.28. The topological polar surface area (TPSA) is 63.4 Å². The second-order valence-corrected chi connectivity index (χ2v) is 3.97. The Morgan fingerprint density at radius 1 is 1.47 bits per heavy atom. The zero-order chi connectivity index (χ0) is 12.4. The van der Waals surface area contributed by atoms with Gasteiger partial charge in [-0.2, -0.15) is 0 Å². The predicted octanol–water partition coefficient (Wildman–Crippen LogP) is 0.506. The van der Waals surface area contributed by atoms with Crippen LogP contribution in [-0.4, -0.2) is 18.4 Å². The minimum absolute atomic E-state index is 0.114. The number of nitrogens with zero attached hydrogens (tertiary/aromatic N) is 1. The maximum atomic E-state index is 11.8. The number of amides is 2. The van der Waals surface area contributed by atoms with Crippen molar-refractivity contribution in [1.82, 2.24) is 0 Å². The molecular formula is C13H12N2O2. The molecule has 4 nitrogen and oxygen atoms in total. The molecule has 0 saturated carbocycles. The van der Waals surface area contributed by atoms with E-state index in [2.05, 4.69) is 5.92 Å². The quantitative estimate of drug-likeness (QED) is 0.749. The number of anilines is 1. The van der Waals surface area contributed by atoms with E-state index >= 15 is 0 Å². The van der Waals surface area contributed by atoms with Gasteiger partial charge < -0.3 is 10.6 Å². The van der Waals surface area contributed by atoms with Crippen LogP contribution in [-0.2, 0) is 9.59 Å². The van der Waals surface area contributed by atoms with Crippen LogP contribution < -0.4 is 10.6 Å². The van der Waals surface area contributed by atoms with Crippen molar-refractivity contribution >= 4 is 17.5 Å². The first-order valence-electron chi connectivity index (χ1n) is 5.29. The van der Waals surface area contributed by atoms with Crippen molar-refractivity contribution in [3.63, 3.8) is 0 Å². The highest BCUT2D eigenvalue weighted by atomic mass is 16.2. The number of carbonyl (C=O) groups is 2. The van der Waals surface area contributed by atoms with Crippen LogP contribution in [0.3, 0.4) is 0 Å². The monoisotopic (exact) mass is 228 g/mol. The minimum atomic E-state index is -0.445. The fourth-order valence-electron chi connectivity index (χ4n) is 1.96. The van der Waals surface area contributed by atoms with E-state index in [0.29, 0.717) is 17.8 Å². The number of hydrogen-bond acceptors (Lipinski definition) is 2. The van der Waals surface area contributed by atoms with Gasteiger partial charge in [-0.05, 0) is 12.1 Å². The highest BCUT2D eigenvalue weighted by molar-refractivity contribution is 6.00. The number of para-hydroxylation sites is 1. The third kappa shape index (κ3) is 2.00. The van der Waals surface area contributed by atoms with Gasteiger partial charge in [-0.15, -0.1) is 6.42 Å². The molecule has 86 valence electrons. The van der Waals surface area contributed by atoms with E-state index in [1.165, 1.54) is 4.90 Å². The zero-order valence-electron chi connectivity index (χ0n) is 9.22. The van der Waals surface area contributed by atoms with Crippen molar-refractivity contribution in [3.05, 3.63) is 29.8 Å². The molecule has 0 bridgehead atoms. The summed E-state index contributed by atoms with van der Waals surface area (Å²) in [6.45, 7) is 0.312. The van der Waals surface area contributed by atoms with Gasteiger partial charge in [0.15, 0.2) is 0 Å². The summed E-state index contributed by atoms with van der Waals surface area (Å²) in [6.07, 6.45) is 5.54. The average Bonchev–Trinajstić information content (AvgIpc) is 2.71. The van der Waals surface area contributed by atoms with Gasteiger partial charge in [-0.1, -0.05) is 18.1 Å². The summed E-state index contributed by atoms with van der Waals surface area (Å²) in [7, 11) is 0. The Kier molecular flexibility index (Phi) is 2.84. The van der Waals surface area contributed by atoms with E-state index in [4.69, 9.17) is 12.2 Å². The van der Waals surface area contributed by atoms with Crippen LogP contribution in [0.15, 0.2) is 24.3 Å². The molecule has 0 aromatic heterocycles. The van der Waals surface area contributed by atoms with Crippen molar-refractivity contribution in [2.24, 2.45) is 11.7 Å². The molecule has 1 aliphatic heterocycles. The Balaban J connectivity index is 2.33. The van der Waals surface area contributed by atoms with E-state index < -0.39 is 11.8 Å². The van der Waals surface area contributed by atoms with Crippen LogP contribution in [0.4, 0.5) is 5.69 Å². The molecule has 2 rings (SSSR count). The maximum Gasteiger partial charge on any atom is 0.227 e. The molecule has 1 aliphatic rings. The number of nitrogens with two attached hydrogens (primary N) is 1. The van der Waals surface area contributed by atoms with Gasteiger partial charge in [0.1, 0.15) is 0 Å². The van der Waals surface area contributed by atoms with Crippen molar-refractivity contribution in [2.75, 3.05) is 11.4 Å². The average molecular weight is 228 g/mol. The Bertz CT molecular complexity index is 516. The number of hydrogen-bond donors (Lipinski definition) is 1. The normalized spacial score (nSPS) is 19.1. The van der Waals surface area contributed by atoms with Crippen LogP contribution >= 0.6 is 0 Å². The molecule has 1 aromatic carbocycles. The molecule has 17 heavy (non-hydrogen) atoms. The third-order valence-corrected chi connectivity index (χ3v) is 2.88.